The Morgan fingerprint density at radius 1 is 1.24 bits per heavy atom. The highest BCUT2D eigenvalue weighted by molar-refractivity contribution is 6.39. The summed E-state index contributed by atoms with van der Waals surface area (Å²) >= 11 is 12.1. The summed E-state index contributed by atoms with van der Waals surface area (Å²) in [6, 6.07) is 4.98. The molecule has 0 aliphatic carbocycles. The summed E-state index contributed by atoms with van der Waals surface area (Å²) in [5.74, 6) is -0.429. The number of carbonyl (C=O) groups excluding carboxylic acids is 2. The largest absolute Gasteiger partial charge is 0.364 e. The molecule has 25 heavy (non-hydrogen) atoms. The lowest BCUT2D eigenvalue weighted by atomic mass is 10.2. The number of rotatable bonds is 5. The van der Waals surface area contributed by atoms with Crippen molar-refractivity contribution in [3.05, 3.63) is 28.2 Å². The number of anilines is 1. The fraction of sp³-hybridized carbons (Fsp3) is 0.529. The number of amides is 2. The minimum Gasteiger partial charge on any atom is -0.364 e. The van der Waals surface area contributed by atoms with Gasteiger partial charge in [0.2, 0.25) is 5.91 Å². The normalized spacial score (nSPS) is 23.2. The van der Waals surface area contributed by atoms with Gasteiger partial charge in [-0.15, -0.1) is 0 Å². The third kappa shape index (κ3) is 5.85. The van der Waals surface area contributed by atoms with Crippen LogP contribution in [0.3, 0.4) is 0 Å². The third-order valence-corrected chi connectivity index (χ3v) is 4.68. The van der Waals surface area contributed by atoms with E-state index in [0.717, 1.165) is 18.0 Å². The lowest BCUT2D eigenvalue weighted by Gasteiger charge is -2.32. The van der Waals surface area contributed by atoms with E-state index in [9.17, 15) is 9.59 Å². The van der Waals surface area contributed by atoms with Crippen molar-refractivity contribution in [1.82, 2.24) is 4.90 Å². The number of carbonyl (C=O) groups is 2. The highest BCUT2D eigenvalue weighted by Crippen LogP contribution is 2.29. The Hall–Kier alpha value is -1.34. The van der Waals surface area contributed by atoms with Crippen molar-refractivity contribution in [2.24, 2.45) is 0 Å². The fourth-order valence-electron chi connectivity index (χ4n) is 2.98. The molecule has 1 heterocycles. The molecule has 0 bridgehead atoms. The predicted octanol–water partition coefficient (Wildman–Crippen LogP) is 1.08. The van der Waals surface area contributed by atoms with Crippen LogP contribution < -0.4 is 10.2 Å². The third-order valence-electron chi connectivity index (χ3n) is 4.05. The molecule has 0 radical (unpaired) electrons. The molecule has 2 rings (SSSR count). The van der Waals surface area contributed by atoms with Crippen molar-refractivity contribution in [1.29, 1.82) is 0 Å². The van der Waals surface area contributed by atoms with E-state index in [1.165, 1.54) is 4.90 Å². The minimum atomic E-state index is -0.343. The van der Waals surface area contributed by atoms with E-state index in [1.807, 2.05) is 13.8 Å². The van der Waals surface area contributed by atoms with Crippen LogP contribution in [-0.4, -0.2) is 62.1 Å². The maximum absolute atomic E-state index is 12.4. The lowest BCUT2D eigenvalue weighted by molar-refractivity contribution is -0.907. The monoisotopic (exact) mass is 388 g/mol. The van der Waals surface area contributed by atoms with Crippen LogP contribution in [0, 0.1) is 0 Å². The Morgan fingerprint density at radius 2 is 1.80 bits per heavy atom. The van der Waals surface area contributed by atoms with E-state index >= 15 is 0 Å². The maximum atomic E-state index is 12.4. The van der Waals surface area contributed by atoms with E-state index < -0.39 is 0 Å². The number of halogens is 2. The van der Waals surface area contributed by atoms with Gasteiger partial charge in [-0.25, -0.2) is 0 Å². The van der Waals surface area contributed by atoms with Crippen molar-refractivity contribution < 1.29 is 19.2 Å². The quantitative estimate of drug-likeness (QED) is 0.793. The van der Waals surface area contributed by atoms with Gasteiger partial charge in [-0.1, -0.05) is 29.3 Å². The zero-order valence-corrected chi connectivity index (χ0v) is 16.2. The first-order valence-electron chi connectivity index (χ1n) is 8.23. The SMILES string of the molecule is C[C@H]1C[NH+](CC(=O)N(C)CC(=O)Nc2c(Cl)cccc2Cl)C[C@H](C)O1. The summed E-state index contributed by atoms with van der Waals surface area (Å²) in [6.45, 7) is 5.86. The van der Waals surface area contributed by atoms with E-state index in [-0.39, 0.29) is 30.6 Å². The van der Waals surface area contributed by atoms with Gasteiger partial charge in [0.1, 0.15) is 25.3 Å². The molecule has 6 nitrogen and oxygen atoms in total. The molecular formula is C17H24Cl2N3O3+. The van der Waals surface area contributed by atoms with Gasteiger partial charge in [0.15, 0.2) is 6.54 Å². The summed E-state index contributed by atoms with van der Waals surface area (Å²) in [4.78, 5) is 27.1. The van der Waals surface area contributed by atoms with Crippen LogP contribution in [0.2, 0.25) is 10.0 Å². The molecule has 1 aromatic carbocycles. The molecule has 2 N–H and O–H groups in total. The number of quaternary nitrogens is 1. The smallest absolute Gasteiger partial charge is 0.277 e. The van der Waals surface area contributed by atoms with E-state index in [1.54, 1.807) is 25.2 Å². The van der Waals surface area contributed by atoms with E-state index in [4.69, 9.17) is 27.9 Å². The summed E-state index contributed by atoms with van der Waals surface area (Å²) in [5.41, 5.74) is 0.359. The Bertz CT molecular complexity index is 611. The van der Waals surface area contributed by atoms with Crippen LogP contribution >= 0.6 is 23.2 Å². The van der Waals surface area contributed by atoms with Gasteiger partial charge in [-0.05, 0) is 26.0 Å². The Balaban J connectivity index is 1.87. The van der Waals surface area contributed by atoms with Crippen molar-refractivity contribution in [2.75, 3.05) is 38.5 Å². The van der Waals surface area contributed by atoms with Crippen LogP contribution in [0.15, 0.2) is 18.2 Å². The molecule has 1 aromatic rings. The highest BCUT2D eigenvalue weighted by Gasteiger charge is 2.28. The molecule has 1 fully saturated rings. The second-order valence-electron chi connectivity index (χ2n) is 6.49. The maximum Gasteiger partial charge on any atom is 0.277 e. The number of morpholine rings is 1. The summed E-state index contributed by atoms with van der Waals surface area (Å²) in [5, 5.41) is 3.37. The molecule has 1 saturated heterocycles. The average molecular weight is 389 g/mol. The number of para-hydroxylation sites is 1. The van der Waals surface area contributed by atoms with E-state index in [2.05, 4.69) is 5.32 Å². The minimum absolute atomic E-state index is 0.0602. The van der Waals surface area contributed by atoms with Gasteiger partial charge >= 0.3 is 0 Å². The van der Waals surface area contributed by atoms with Crippen molar-refractivity contribution in [3.63, 3.8) is 0 Å². The zero-order chi connectivity index (χ0) is 18.6. The van der Waals surface area contributed by atoms with Gasteiger partial charge in [0, 0.05) is 7.05 Å². The van der Waals surface area contributed by atoms with Crippen LogP contribution in [-0.2, 0) is 14.3 Å². The number of benzene rings is 1. The van der Waals surface area contributed by atoms with Gasteiger partial charge in [0.05, 0.1) is 22.3 Å². The molecule has 8 heteroatoms. The van der Waals surface area contributed by atoms with Crippen LogP contribution in [0.25, 0.3) is 0 Å². The van der Waals surface area contributed by atoms with Gasteiger partial charge in [0.25, 0.3) is 5.91 Å². The zero-order valence-electron chi connectivity index (χ0n) is 14.6. The number of ether oxygens (including phenoxy) is 1. The second-order valence-corrected chi connectivity index (χ2v) is 7.30. The van der Waals surface area contributed by atoms with Crippen molar-refractivity contribution in [2.45, 2.75) is 26.1 Å². The number of nitrogens with zero attached hydrogens (tertiary/aromatic N) is 1. The van der Waals surface area contributed by atoms with Gasteiger partial charge in [-0.3, -0.25) is 9.59 Å². The first kappa shape index (κ1) is 20.0. The lowest BCUT2D eigenvalue weighted by Crippen LogP contribution is -3.16. The Morgan fingerprint density at radius 3 is 2.36 bits per heavy atom. The van der Waals surface area contributed by atoms with Crippen molar-refractivity contribution in [3.8, 4) is 0 Å². The number of nitrogens with one attached hydrogen (secondary N) is 2. The van der Waals surface area contributed by atoms with Crippen LogP contribution in [0.1, 0.15) is 13.8 Å². The number of hydrogen-bond donors (Lipinski definition) is 2. The number of hydrogen-bond acceptors (Lipinski definition) is 3. The molecule has 2 atom stereocenters. The van der Waals surface area contributed by atoms with Crippen LogP contribution in [0.5, 0.6) is 0 Å². The Labute approximate surface area is 158 Å². The topological polar surface area (TPSA) is 63.1 Å². The fourth-order valence-corrected chi connectivity index (χ4v) is 3.47. The van der Waals surface area contributed by atoms with Gasteiger partial charge in [-0.2, -0.15) is 0 Å². The standard InChI is InChI=1S/C17H23Cl2N3O3/c1-11-7-22(8-12(2)25-11)10-16(24)21(3)9-15(23)20-17-13(18)5-4-6-14(17)19/h4-6,11-12H,7-10H2,1-3H3,(H,20,23)/p+1/t11-,12-/m0/s1. The summed E-state index contributed by atoms with van der Waals surface area (Å²) < 4.78 is 5.68. The molecule has 0 aromatic heterocycles. The average Bonchev–Trinajstić information content (AvgIpc) is 2.50. The van der Waals surface area contributed by atoms with Crippen molar-refractivity contribution >= 4 is 40.7 Å². The summed E-state index contributed by atoms with van der Waals surface area (Å²) in [6.07, 6.45) is 0.255. The molecule has 0 saturated carbocycles. The molecule has 138 valence electrons. The first-order chi connectivity index (χ1) is 11.8. The number of likely N-dealkylation sites (N-methyl/N-ethyl adjacent to an activating group) is 1. The summed E-state index contributed by atoms with van der Waals surface area (Å²) in [7, 11) is 1.61. The second kappa shape index (κ2) is 8.85. The first-order valence-corrected chi connectivity index (χ1v) is 8.98. The van der Waals surface area contributed by atoms with E-state index in [0.29, 0.717) is 22.3 Å². The molecular weight excluding hydrogens is 365 g/mol. The highest BCUT2D eigenvalue weighted by atomic mass is 35.5. The van der Waals surface area contributed by atoms with Gasteiger partial charge < -0.3 is 19.9 Å². The predicted molar refractivity (Wildman–Crippen MR) is 98.3 cm³/mol. The molecule has 0 unspecified atom stereocenters. The molecule has 1 aliphatic rings. The van der Waals surface area contributed by atoms with Crippen LogP contribution in [0.4, 0.5) is 5.69 Å². The Kier molecular flexibility index (Phi) is 7.07. The molecule has 0 spiro atoms. The molecule has 1 aliphatic heterocycles. The molecule has 2 amide bonds.